The number of ether oxygens (including phenoxy) is 1. The SMILES string of the molecule is Cc1cn([C@]2(CC(=O)O)O[C@H](CO)[C@@H](O)[C@H]2O)c(=O)[nH]c1=O. The molecule has 10 heteroatoms. The standard InChI is InChI=1S/C12H16N2O8/c1-5-3-14(11(21)13-10(5)20)12(2-7(16)17)9(19)8(18)6(4-15)22-12/h3,6,8-9,15,18-19H,2,4H2,1H3,(H,16,17)(H,13,20,21)/t6-,8-,9-,12-/m1/s1. The van der Waals surface area contributed by atoms with Gasteiger partial charge in [0, 0.05) is 11.8 Å². The van der Waals surface area contributed by atoms with E-state index in [9.17, 15) is 24.6 Å². The second-order valence-electron chi connectivity index (χ2n) is 5.13. The fourth-order valence-corrected chi connectivity index (χ4v) is 2.51. The number of aliphatic hydroxyl groups is 3. The predicted octanol–water partition coefficient (Wildman–Crippen LogP) is -2.91. The molecule has 1 aliphatic heterocycles. The summed E-state index contributed by atoms with van der Waals surface area (Å²) in [5.41, 5.74) is -3.72. The Labute approximate surface area is 123 Å². The van der Waals surface area contributed by atoms with E-state index in [4.69, 9.17) is 14.9 Å². The van der Waals surface area contributed by atoms with Crippen LogP contribution in [0.15, 0.2) is 15.8 Å². The maximum atomic E-state index is 12.0. The molecule has 0 unspecified atom stereocenters. The van der Waals surface area contributed by atoms with Crippen LogP contribution in [-0.2, 0) is 15.3 Å². The molecule has 0 spiro atoms. The van der Waals surface area contributed by atoms with Crippen molar-refractivity contribution in [1.82, 2.24) is 9.55 Å². The number of aryl methyl sites for hydroxylation is 1. The molecule has 1 aliphatic rings. The van der Waals surface area contributed by atoms with Crippen molar-refractivity contribution >= 4 is 5.97 Å². The van der Waals surface area contributed by atoms with Crippen LogP contribution in [0, 0.1) is 6.92 Å². The van der Waals surface area contributed by atoms with Gasteiger partial charge in [0.05, 0.1) is 13.0 Å². The molecule has 2 heterocycles. The van der Waals surface area contributed by atoms with Crippen LogP contribution in [-0.4, -0.2) is 60.9 Å². The molecular formula is C12H16N2O8. The molecule has 1 aromatic heterocycles. The van der Waals surface area contributed by atoms with Crippen molar-refractivity contribution < 1.29 is 30.0 Å². The molecule has 5 N–H and O–H groups in total. The molecule has 0 amide bonds. The number of rotatable bonds is 4. The Morgan fingerprint density at radius 2 is 2.09 bits per heavy atom. The van der Waals surface area contributed by atoms with Crippen LogP contribution >= 0.6 is 0 Å². The first-order valence-corrected chi connectivity index (χ1v) is 6.42. The van der Waals surface area contributed by atoms with E-state index in [1.54, 1.807) is 0 Å². The second-order valence-corrected chi connectivity index (χ2v) is 5.13. The lowest BCUT2D eigenvalue weighted by atomic mass is 9.99. The maximum absolute atomic E-state index is 12.0. The minimum Gasteiger partial charge on any atom is -0.481 e. The van der Waals surface area contributed by atoms with Gasteiger partial charge in [-0.15, -0.1) is 0 Å². The summed E-state index contributed by atoms with van der Waals surface area (Å²) in [4.78, 5) is 36.5. The lowest BCUT2D eigenvalue weighted by Crippen LogP contribution is -2.53. The van der Waals surface area contributed by atoms with E-state index in [-0.39, 0.29) is 5.56 Å². The molecule has 0 saturated carbocycles. The average molecular weight is 316 g/mol. The van der Waals surface area contributed by atoms with Gasteiger partial charge in [0.15, 0.2) is 5.72 Å². The highest BCUT2D eigenvalue weighted by molar-refractivity contribution is 5.68. The third-order valence-electron chi connectivity index (χ3n) is 3.63. The molecule has 122 valence electrons. The number of carboxylic acid groups (broad SMARTS) is 1. The summed E-state index contributed by atoms with van der Waals surface area (Å²) in [6, 6.07) is 0. The Morgan fingerprint density at radius 3 is 2.59 bits per heavy atom. The maximum Gasteiger partial charge on any atom is 0.330 e. The number of aliphatic hydroxyl groups excluding tert-OH is 3. The Balaban J connectivity index is 2.66. The Morgan fingerprint density at radius 1 is 1.45 bits per heavy atom. The number of H-pyrrole nitrogens is 1. The first kappa shape index (κ1) is 16.4. The molecule has 2 rings (SSSR count). The summed E-state index contributed by atoms with van der Waals surface area (Å²) in [7, 11) is 0. The van der Waals surface area contributed by atoms with Gasteiger partial charge in [0.1, 0.15) is 18.3 Å². The van der Waals surface area contributed by atoms with Gasteiger partial charge in [-0.2, -0.15) is 0 Å². The number of nitrogens with one attached hydrogen (secondary N) is 1. The van der Waals surface area contributed by atoms with Crippen molar-refractivity contribution in [3.63, 3.8) is 0 Å². The quantitative estimate of drug-likeness (QED) is 0.394. The largest absolute Gasteiger partial charge is 0.481 e. The number of carbonyl (C=O) groups is 1. The van der Waals surface area contributed by atoms with Gasteiger partial charge in [-0.3, -0.25) is 19.1 Å². The number of aliphatic carboxylic acids is 1. The van der Waals surface area contributed by atoms with Crippen LogP contribution in [0.25, 0.3) is 0 Å². The highest BCUT2D eigenvalue weighted by atomic mass is 16.6. The number of hydrogen-bond acceptors (Lipinski definition) is 7. The van der Waals surface area contributed by atoms with Crippen molar-refractivity contribution in [1.29, 1.82) is 0 Å². The molecule has 1 aromatic rings. The number of nitrogens with zero attached hydrogens (tertiary/aromatic N) is 1. The fourth-order valence-electron chi connectivity index (χ4n) is 2.51. The molecule has 22 heavy (non-hydrogen) atoms. The number of carboxylic acids is 1. The van der Waals surface area contributed by atoms with Crippen molar-refractivity contribution in [3.8, 4) is 0 Å². The zero-order valence-electron chi connectivity index (χ0n) is 11.6. The average Bonchev–Trinajstić information content (AvgIpc) is 2.67. The molecule has 10 nitrogen and oxygen atoms in total. The summed E-state index contributed by atoms with van der Waals surface area (Å²) in [5.74, 6) is -1.40. The van der Waals surface area contributed by atoms with E-state index in [1.165, 1.54) is 6.92 Å². The summed E-state index contributed by atoms with van der Waals surface area (Å²) in [6.45, 7) is 0.696. The topological polar surface area (TPSA) is 162 Å². The zero-order valence-corrected chi connectivity index (χ0v) is 11.6. The molecule has 0 aliphatic carbocycles. The number of hydrogen-bond donors (Lipinski definition) is 5. The summed E-state index contributed by atoms with van der Waals surface area (Å²) in [5, 5.41) is 38.3. The normalized spacial score (nSPS) is 31.4. The second kappa shape index (κ2) is 5.65. The van der Waals surface area contributed by atoms with Crippen molar-refractivity contribution in [2.45, 2.75) is 37.4 Å². The molecule has 4 atom stereocenters. The third kappa shape index (κ3) is 2.46. The van der Waals surface area contributed by atoms with Gasteiger partial charge in [-0.05, 0) is 6.92 Å². The van der Waals surface area contributed by atoms with Gasteiger partial charge in [0.2, 0.25) is 0 Å². The first-order chi connectivity index (χ1) is 10.2. The highest BCUT2D eigenvalue weighted by Crippen LogP contribution is 2.37. The fraction of sp³-hybridized carbons (Fsp3) is 0.583. The highest BCUT2D eigenvalue weighted by Gasteiger charge is 2.57. The molecule has 1 fully saturated rings. The van der Waals surface area contributed by atoms with Crippen LogP contribution in [0.2, 0.25) is 0 Å². The van der Waals surface area contributed by atoms with Gasteiger partial charge in [-0.1, -0.05) is 0 Å². The van der Waals surface area contributed by atoms with Gasteiger partial charge in [-0.25, -0.2) is 4.79 Å². The Kier molecular flexibility index (Phi) is 4.20. The van der Waals surface area contributed by atoms with Crippen LogP contribution in [0.1, 0.15) is 12.0 Å². The van der Waals surface area contributed by atoms with Gasteiger partial charge < -0.3 is 25.2 Å². The van der Waals surface area contributed by atoms with Crippen LogP contribution in [0.4, 0.5) is 0 Å². The summed E-state index contributed by atoms with van der Waals surface area (Å²) < 4.78 is 6.03. The van der Waals surface area contributed by atoms with Crippen molar-refractivity contribution in [3.05, 3.63) is 32.6 Å². The van der Waals surface area contributed by atoms with Crippen molar-refractivity contribution in [2.75, 3.05) is 6.61 Å². The monoisotopic (exact) mass is 316 g/mol. The van der Waals surface area contributed by atoms with Crippen LogP contribution in [0.5, 0.6) is 0 Å². The first-order valence-electron chi connectivity index (χ1n) is 6.42. The minimum absolute atomic E-state index is 0.0853. The molecule has 0 radical (unpaired) electrons. The number of aromatic nitrogens is 2. The van der Waals surface area contributed by atoms with E-state index < -0.39 is 54.3 Å². The lowest BCUT2D eigenvalue weighted by molar-refractivity contribution is -0.174. The summed E-state index contributed by atoms with van der Waals surface area (Å²) in [6.07, 6.45) is -4.46. The Hall–Kier alpha value is -2.01. The zero-order chi connectivity index (χ0) is 16.7. The number of aromatic amines is 1. The lowest BCUT2D eigenvalue weighted by Gasteiger charge is -2.32. The van der Waals surface area contributed by atoms with E-state index in [0.717, 1.165) is 10.8 Å². The molecule has 0 aromatic carbocycles. The van der Waals surface area contributed by atoms with Crippen molar-refractivity contribution in [2.24, 2.45) is 0 Å². The third-order valence-corrected chi connectivity index (χ3v) is 3.63. The minimum atomic E-state index is -2.13. The van der Waals surface area contributed by atoms with Gasteiger partial charge in [0.25, 0.3) is 5.56 Å². The van der Waals surface area contributed by atoms with E-state index in [2.05, 4.69) is 0 Å². The molecule has 0 bridgehead atoms. The molecular weight excluding hydrogens is 300 g/mol. The molecule has 1 saturated heterocycles. The van der Waals surface area contributed by atoms with Crippen LogP contribution in [0.3, 0.4) is 0 Å². The smallest absolute Gasteiger partial charge is 0.330 e. The predicted molar refractivity (Wildman–Crippen MR) is 70.3 cm³/mol. The Bertz CT molecular complexity index is 695. The van der Waals surface area contributed by atoms with E-state index >= 15 is 0 Å². The summed E-state index contributed by atoms with van der Waals surface area (Å²) >= 11 is 0. The van der Waals surface area contributed by atoms with Crippen LogP contribution < -0.4 is 11.2 Å². The van der Waals surface area contributed by atoms with E-state index in [1.807, 2.05) is 4.98 Å². The van der Waals surface area contributed by atoms with Gasteiger partial charge >= 0.3 is 11.7 Å². The van der Waals surface area contributed by atoms with E-state index in [0.29, 0.717) is 0 Å².